The fourth-order valence-electron chi connectivity index (χ4n) is 2.95. The Hall–Kier alpha value is -1.95. The second kappa shape index (κ2) is 8.06. The molecule has 1 heterocycles. The molecule has 23 heavy (non-hydrogen) atoms. The van der Waals surface area contributed by atoms with Gasteiger partial charge in [-0.2, -0.15) is 0 Å². The maximum absolute atomic E-state index is 12.3. The van der Waals surface area contributed by atoms with Gasteiger partial charge in [-0.05, 0) is 44.1 Å². The van der Waals surface area contributed by atoms with Crippen LogP contribution in [0.3, 0.4) is 0 Å². The summed E-state index contributed by atoms with van der Waals surface area (Å²) >= 11 is 0. The lowest BCUT2D eigenvalue weighted by Gasteiger charge is -2.28. The molecule has 1 aromatic carbocycles. The first-order chi connectivity index (χ1) is 11.1. The molecule has 1 aliphatic rings. The van der Waals surface area contributed by atoms with Crippen LogP contribution in [0, 0.1) is 5.92 Å². The summed E-state index contributed by atoms with van der Waals surface area (Å²) in [6.07, 6.45) is 2.02. The molecule has 128 valence electrons. The van der Waals surface area contributed by atoms with Crippen molar-refractivity contribution in [3.8, 4) is 17.2 Å². The molecule has 0 aliphatic carbocycles. The van der Waals surface area contributed by atoms with E-state index >= 15 is 0 Å². The van der Waals surface area contributed by atoms with Gasteiger partial charge in [0.15, 0.2) is 11.5 Å². The number of amides is 1. The highest BCUT2D eigenvalue weighted by Gasteiger charge is 2.23. The summed E-state index contributed by atoms with van der Waals surface area (Å²) in [6, 6.07) is 3.71. The van der Waals surface area contributed by atoms with Gasteiger partial charge in [0.1, 0.15) is 0 Å². The molecule has 2 rings (SSSR count). The third kappa shape index (κ3) is 4.28. The van der Waals surface area contributed by atoms with Crippen LogP contribution in [0.1, 0.15) is 18.4 Å². The minimum absolute atomic E-state index is 0.0655. The topological polar surface area (TPSA) is 60.0 Å². The van der Waals surface area contributed by atoms with E-state index in [-0.39, 0.29) is 11.8 Å². The van der Waals surface area contributed by atoms with Crippen LogP contribution < -0.4 is 19.5 Å². The molecule has 0 unspecified atom stereocenters. The van der Waals surface area contributed by atoms with E-state index in [4.69, 9.17) is 14.2 Å². The molecule has 0 spiro atoms. The molecule has 0 radical (unpaired) electrons. The van der Waals surface area contributed by atoms with E-state index in [2.05, 4.69) is 17.3 Å². The number of hydrogen-bond acceptors (Lipinski definition) is 5. The van der Waals surface area contributed by atoms with Crippen LogP contribution in [0.25, 0.3) is 0 Å². The number of benzene rings is 1. The van der Waals surface area contributed by atoms with Crippen molar-refractivity contribution in [2.24, 2.45) is 5.92 Å². The molecule has 1 aliphatic heterocycles. The molecule has 0 aromatic heterocycles. The Kier molecular flexibility index (Phi) is 6.10. The summed E-state index contributed by atoms with van der Waals surface area (Å²) in [4.78, 5) is 14.5. The third-order valence-corrected chi connectivity index (χ3v) is 4.19. The number of piperidine rings is 1. The first-order valence-corrected chi connectivity index (χ1v) is 7.84. The van der Waals surface area contributed by atoms with Crippen molar-refractivity contribution >= 4 is 5.91 Å². The van der Waals surface area contributed by atoms with E-state index in [1.807, 2.05) is 12.1 Å². The van der Waals surface area contributed by atoms with Crippen molar-refractivity contribution in [3.63, 3.8) is 0 Å². The summed E-state index contributed by atoms with van der Waals surface area (Å²) in [7, 11) is 6.79. The Morgan fingerprint density at radius 1 is 1.22 bits per heavy atom. The van der Waals surface area contributed by atoms with Crippen LogP contribution in [0.5, 0.6) is 17.2 Å². The summed E-state index contributed by atoms with van der Waals surface area (Å²) in [6.45, 7) is 2.33. The third-order valence-electron chi connectivity index (χ3n) is 4.19. The maximum Gasteiger partial charge on any atom is 0.224 e. The predicted molar refractivity (Wildman–Crippen MR) is 88.2 cm³/mol. The molecule has 1 atom stereocenters. The van der Waals surface area contributed by atoms with Gasteiger partial charge in [-0.25, -0.2) is 0 Å². The van der Waals surface area contributed by atoms with Crippen molar-refractivity contribution in [3.05, 3.63) is 17.7 Å². The van der Waals surface area contributed by atoms with E-state index in [1.54, 1.807) is 21.3 Å². The number of hydrogen-bond donors (Lipinski definition) is 1. The Morgan fingerprint density at radius 3 is 2.39 bits per heavy atom. The first-order valence-electron chi connectivity index (χ1n) is 7.84. The fraction of sp³-hybridized carbons (Fsp3) is 0.588. The van der Waals surface area contributed by atoms with Crippen LogP contribution in [-0.4, -0.2) is 52.3 Å². The number of methoxy groups -OCH3 is 3. The monoisotopic (exact) mass is 322 g/mol. The minimum Gasteiger partial charge on any atom is -0.493 e. The molecule has 0 bridgehead atoms. The second-order valence-electron chi connectivity index (χ2n) is 5.85. The molecule has 1 fully saturated rings. The standard InChI is InChI=1S/C17H26N2O4/c1-19-7-5-6-13(11-19)17(20)18-10-12-8-14(21-2)16(23-4)15(9-12)22-3/h8-9,13H,5-7,10-11H2,1-4H3,(H,18,20)/t13-/m1/s1. The lowest BCUT2D eigenvalue weighted by molar-refractivity contribution is -0.126. The Bertz CT molecular complexity index is 522. The number of ether oxygens (including phenoxy) is 3. The second-order valence-corrected chi connectivity index (χ2v) is 5.85. The Morgan fingerprint density at radius 2 is 1.87 bits per heavy atom. The van der Waals surface area contributed by atoms with Gasteiger partial charge in [0.2, 0.25) is 11.7 Å². The lowest BCUT2D eigenvalue weighted by atomic mass is 9.97. The summed E-state index contributed by atoms with van der Waals surface area (Å²) in [5.41, 5.74) is 0.914. The Balaban J connectivity index is 2.03. The van der Waals surface area contributed by atoms with E-state index in [0.717, 1.165) is 31.5 Å². The molecule has 1 N–H and O–H groups in total. The zero-order chi connectivity index (χ0) is 16.8. The van der Waals surface area contributed by atoms with Gasteiger partial charge in [0.25, 0.3) is 0 Å². The van der Waals surface area contributed by atoms with Crippen LogP contribution in [0.4, 0.5) is 0 Å². The van der Waals surface area contributed by atoms with Gasteiger partial charge in [0, 0.05) is 13.1 Å². The summed E-state index contributed by atoms with van der Waals surface area (Å²) in [5, 5.41) is 3.01. The van der Waals surface area contributed by atoms with Crippen molar-refractivity contribution in [1.82, 2.24) is 10.2 Å². The van der Waals surface area contributed by atoms with Crippen molar-refractivity contribution in [1.29, 1.82) is 0 Å². The van der Waals surface area contributed by atoms with Crippen LogP contribution in [0.15, 0.2) is 12.1 Å². The van der Waals surface area contributed by atoms with Crippen molar-refractivity contribution < 1.29 is 19.0 Å². The number of nitrogens with zero attached hydrogens (tertiary/aromatic N) is 1. The van der Waals surface area contributed by atoms with Gasteiger partial charge in [-0.15, -0.1) is 0 Å². The fourth-order valence-corrected chi connectivity index (χ4v) is 2.95. The normalized spacial score (nSPS) is 18.3. The highest BCUT2D eigenvalue weighted by Crippen LogP contribution is 2.38. The number of nitrogens with one attached hydrogen (secondary N) is 1. The molecule has 1 saturated heterocycles. The molecule has 6 nitrogen and oxygen atoms in total. The van der Waals surface area contributed by atoms with E-state index in [9.17, 15) is 4.79 Å². The SMILES string of the molecule is COc1cc(CNC(=O)[C@@H]2CCCN(C)C2)cc(OC)c1OC. The molecule has 0 saturated carbocycles. The zero-order valence-electron chi connectivity index (χ0n) is 14.3. The van der Waals surface area contributed by atoms with Crippen LogP contribution >= 0.6 is 0 Å². The van der Waals surface area contributed by atoms with Crippen molar-refractivity contribution in [2.75, 3.05) is 41.5 Å². The minimum atomic E-state index is 0.0655. The number of carbonyl (C=O) groups is 1. The highest BCUT2D eigenvalue weighted by atomic mass is 16.5. The smallest absolute Gasteiger partial charge is 0.224 e. The average Bonchev–Trinajstić information content (AvgIpc) is 2.58. The molecule has 6 heteroatoms. The van der Waals surface area contributed by atoms with Gasteiger partial charge < -0.3 is 24.4 Å². The van der Waals surface area contributed by atoms with Gasteiger partial charge in [-0.3, -0.25) is 4.79 Å². The predicted octanol–water partition coefficient (Wildman–Crippen LogP) is 1.67. The highest BCUT2D eigenvalue weighted by molar-refractivity contribution is 5.79. The Labute approximate surface area is 137 Å². The van der Waals surface area contributed by atoms with E-state index in [1.165, 1.54) is 0 Å². The molecule has 1 amide bonds. The lowest BCUT2D eigenvalue weighted by Crippen LogP contribution is -2.41. The molecular weight excluding hydrogens is 296 g/mol. The largest absolute Gasteiger partial charge is 0.493 e. The van der Waals surface area contributed by atoms with Gasteiger partial charge in [-0.1, -0.05) is 0 Å². The maximum atomic E-state index is 12.3. The quantitative estimate of drug-likeness (QED) is 0.863. The van der Waals surface area contributed by atoms with Crippen LogP contribution in [0.2, 0.25) is 0 Å². The molecule has 1 aromatic rings. The van der Waals surface area contributed by atoms with E-state index in [0.29, 0.717) is 23.8 Å². The first kappa shape index (κ1) is 17.4. The zero-order valence-corrected chi connectivity index (χ0v) is 14.3. The van der Waals surface area contributed by atoms with Crippen LogP contribution in [-0.2, 0) is 11.3 Å². The van der Waals surface area contributed by atoms with Gasteiger partial charge in [0.05, 0.1) is 27.2 Å². The van der Waals surface area contributed by atoms with Gasteiger partial charge >= 0.3 is 0 Å². The van der Waals surface area contributed by atoms with Crippen molar-refractivity contribution in [2.45, 2.75) is 19.4 Å². The summed E-state index contributed by atoms with van der Waals surface area (Å²) in [5.74, 6) is 1.90. The summed E-state index contributed by atoms with van der Waals surface area (Å²) < 4.78 is 16.0. The molecular formula is C17H26N2O4. The number of likely N-dealkylation sites (tertiary alicyclic amines) is 1. The number of carbonyl (C=O) groups excluding carboxylic acids is 1. The number of rotatable bonds is 6. The van der Waals surface area contributed by atoms with E-state index < -0.39 is 0 Å². The average molecular weight is 322 g/mol.